The Hall–Kier alpha value is -1.86. The Kier molecular flexibility index (Phi) is 4.34. The minimum atomic E-state index is -3.52. The summed E-state index contributed by atoms with van der Waals surface area (Å²) >= 11 is 5.85. The van der Waals surface area contributed by atoms with Crippen molar-refractivity contribution in [3.05, 3.63) is 41.3 Å². The zero-order valence-electron chi connectivity index (χ0n) is 11.0. The third-order valence-electron chi connectivity index (χ3n) is 2.71. The molecule has 0 saturated heterocycles. The standard InChI is InChI=1S/C13H12ClFN2O3S/c1-2-21(18,19)12-4-3-5-17-13(12)20-11-7-10(16)9(15)6-8(11)14/h3-7H,2,16H2,1H3. The summed E-state index contributed by atoms with van der Waals surface area (Å²) in [5.74, 6) is -0.891. The Labute approximate surface area is 126 Å². The van der Waals surface area contributed by atoms with Crippen LogP contribution >= 0.6 is 11.6 Å². The first kappa shape index (κ1) is 15.5. The Morgan fingerprint density at radius 1 is 1.43 bits per heavy atom. The van der Waals surface area contributed by atoms with Gasteiger partial charge in [0.2, 0.25) is 5.88 Å². The quantitative estimate of drug-likeness (QED) is 0.871. The molecule has 0 aliphatic rings. The molecule has 112 valence electrons. The molecule has 0 unspecified atom stereocenters. The van der Waals surface area contributed by atoms with Crippen molar-refractivity contribution in [2.24, 2.45) is 0 Å². The molecule has 0 radical (unpaired) electrons. The van der Waals surface area contributed by atoms with Crippen LogP contribution in [0.15, 0.2) is 35.4 Å². The summed E-state index contributed by atoms with van der Waals surface area (Å²) in [6, 6.07) is 5.02. The minimum Gasteiger partial charge on any atom is -0.436 e. The fourth-order valence-electron chi connectivity index (χ4n) is 1.57. The predicted octanol–water partition coefficient (Wildman–Crippen LogP) is 3.04. The number of nitrogen functional groups attached to an aromatic ring is 1. The van der Waals surface area contributed by atoms with Crippen molar-refractivity contribution in [1.82, 2.24) is 4.98 Å². The maximum Gasteiger partial charge on any atom is 0.238 e. The molecule has 5 nitrogen and oxygen atoms in total. The summed E-state index contributed by atoms with van der Waals surface area (Å²) in [7, 11) is -3.52. The third-order valence-corrected chi connectivity index (χ3v) is 4.75. The molecular formula is C13H12ClFN2O3S. The summed E-state index contributed by atoms with van der Waals surface area (Å²) in [5, 5.41) is -0.0350. The van der Waals surface area contributed by atoms with Gasteiger partial charge in [0.1, 0.15) is 16.5 Å². The van der Waals surface area contributed by atoms with E-state index in [0.717, 1.165) is 6.07 Å². The van der Waals surface area contributed by atoms with E-state index in [1.165, 1.54) is 31.3 Å². The molecule has 0 aliphatic carbocycles. The number of hydrogen-bond acceptors (Lipinski definition) is 5. The third kappa shape index (κ3) is 3.25. The van der Waals surface area contributed by atoms with Crippen LogP contribution in [-0.2, 0) is 9.84 Å². The van der Waals surface area contributed by atoms with E-state index in [1.54, 1.807) is 0 Å². The van der Waals surface area contributed by atoms with E-state index < -0.39 is 15.7 Å². The van der Waals surface area contributed by atoms with E-state index >= 15 is 0 Å². The number of sulfone groups is 1. The lowest BCUT2D eigenvalue weighted by atomic mass is 10.3. The van der Waals surface area contributed by atoms with E-state index in [1.807, 2.05) is 0 Å². The van der Waals surface area contributed by atoms with Gasteiger partial charge < -0.3 is 10.5 Å². The summed E-state index contributed by atoms with van der Waals surface area (Å²) < 4.78 is 42.6. The van der Waals surface area contributed by atoms with Gasteiger partial charge in [0.15, 0.2) is 9.84 Å². The predicted molar refractivity (Wildman–Crippen MR) is 77.9 cm³/mol. The fourth-order valence-corrected chi connectivity index (χ4v) is 2.72. The zero-order valence-corrected chi connectivity index (χ0v) is 12.6. The van der Waals surface area contributed by atoms with Gasteiger partial charge in [-0.2, -0.15) is 0 Å². The summed E-state index contributed by atoms with van der Waals surface area (Å²) in [6.45, 7) is 1.51. The van der Waals surface area contributed by atoms with E-state index in [2.05, 4.69) is 4.98 Å². The summed E-state index contributed by atoms with van der Waals surface area (Å²) in [5.41, 5.74) is 5.28. The molecule has 0 fully saturated rings. The second kappa shape index (κ2) is 5.87. The normalized spacial score (nSPS) is 11.4. The molecule has 2 rings (SSSR count). The molecule has 8 heteroatoms. The highest BCUT2D eigenvalue weighted by Crippen LogP contribution is 2.34. The Morgan fingerprint density at radius 3 is 2.81 bits per heavy atom. The molecule has 0 amide bonds. The monoisotopic (exact) mass is 330 g/mol. The van der Waals surface area contributed by atoms with E-state index in [4.69, 9.17) is 22.1 Å². The number of rotatable bonds is 4. The lowest BCUT2D eigenvalue weighted by Crippen LogP contribution is -2.06. The lowest BCUT2D eigenvalue weighted by Gasteiger charge is -2.11. The van der Waals surface area contributed by atoms with E-state index in [0.29, 0.717) is 0 Å². The summed E-state index contributed by atoms with van der Waals surface area (Å²) in [4.78, 5) is 3.82. The number of pyridine rings is 1. The average Bonchev–Trinajstić information content (AvgIpc) is 2.45. The molecule has 2 aromatic rings. The maximum absolute atomic E-state index is 13.2. The molecule has 2 N–H and O–H groups in total. The molecule has 0 spiro atoms. The van der Waals surface area contributed by atoms with Crippen LogP contribution in [0.5, 0.6) is 11.6 Å². The molecule has 1 aromatic carbocycles. The zero-order chi connectivity index (χ0) is 15.6. The number of nitrogens with zero attached hydrogens (tertiary/aromatic N) is 1. The van der Waals surface area contributed by atoms with Gasteiger partial charge in [0.25, 0.3) is 0 Å². The number of aromatic nitrogens is 1. The van der Waals surface area contributed by atoms with Gasteiger partial charge in [0.05, 0.1) is 16.5 Å². The van der Waals surface area contributed by atoms with Gasteiger partial charge in [-0.3, -0.25) is 0 Å². The molecule has 1 heterocycles. The Morgan fingerprint density at radius 2 is 2.14 bits per heavy atom. The van der Waals surface area contributed by atoms with Gasteiger partial charge in [0, 0.05) is 12.3 Å². The molecule has 21 heavy (non-hydrogen) atoms. The van der Waals surface area contributed by atoms with Crippen LogP contribution in [0.3, 0.4) is 0 Å². The molecule has 0 aliphatic heterocycles. The minimum absolute atomic E-state index is 0.0295. The highest BCUT2D eigenvalue weighted by atomic mass is 35.5. The number of nitrogens with two attached hydrogens (primary N) is 1. The first-order chi connectivity index (χ1) is 9.85. The summed E-state index contributed by atoms with van der Waals surface area (Å²) in [6.07, 6.45) is 1.38. The van der Waals surface area contributed by atoms with Crippen LogP contribution in [0.25, 0.3) is 0 Å². The van der Waals surface area contributed by atoms with Crippen LogP contribution in [0, 0.1) is 5.82 Å². The van der Waals surface area contributed by atoms with E-state index in [-0.39, 0.29) is 33.0 Å². The van der Waals surface area contributed by atoms with Gasteiger partial charge in [-0.05, 0) is 18.2 Å². The second-order valence-electron chi connectivity index (χ2n) is 4.12. The first-order valence-corrected chi connectivity index (χ1v) is 7.98. The first-order valence-electron chi connectivity index (χ1n) is 5.95. The highest BCUT2D eigenvalue weighted by molar-refractivity contribution is 7.91. The Bertz CT molecular complexity index is 781. The molecule has 0 bridgehead atoms. The van der Waals surface area contributed by atoms with Crippen LogP contribution in [0.2, 0.25) is 5.02 Å². The maximum atomic E-state index is 13.2. The molecule has 0 saturated carbocycles. The van der Waals surface area contributed by atoms with Crippen molar-refractivity contribution < 1.29 is 17.5 Å². The van der Waals surface area contributed by atoms with Crippen molar-refractivity contribution in [1.29, 1.82) is 0 Å². The van der Waals surface area contributed by atoms with Gasteiger partial charge in [-0.15, -0.1) is 0 Å². The van der Waals surface area contributed by atoms with E-state index in [9.17, 15) is 12.8 Å². The SMILES string of the molecule is CCS(=O)(=O)c1cccnc1Oc1cc(N)c(F)cc1Cl. The number of ether oxygens (including phenoxy) is 1. The smallest absolute Gasteiger partial charge is 0.238 e. The van der Waals surface area contributed by atoms with Gasteiger partial charge in [-0.25, -0.2) is 17.8 Å². The lowest BCUT2D eigenvalue weighted by molar-refractivity contribution is 0.446. The van der Waals surface area contributed by atoms with Gasteiger partial charge in [-0.1, -0.05) is 18.5 Å². The number of anilines is 1. The van der Waals surface area contributed by atoms with Gasteiger partial charge >= 0.3 is 0 Å². The average molecular weight is 331 g/mol. The number of benzene rings is 1. The second-order valence-corrected chi connectivity index (χ2v) is 6.77. The largest absolute Gasteiger partial charge is 0.436 e. The van der Waals surface area contributed by atoms with Crippen LogP contribution in [0.4, 0.5) is 10.1 Å². The Balaban J connectivity index is 2.49. The highest BCUT2D eigenvalue weighted by Gasteiger charge is 2.20. The van der Waals surface area contributed by atoms with Crippen molar-refractivity contribution in [2.75, 3.05) is 11.5 Å². The van der Waals surface area contributed by atoms with Crippen molar-refractivity contribution in [3.8, 4) is 11.6 Å². The number of halogens is 2. The van der Waals surface area contributed by atoms with Crippen molar-refractivity contribution in [3.63, 3.8) is 0 Å². The number of hydrogen-bond donors (Lipinski definition) is 1. The molecule has 1 aromatic heterocycles. The van der Waals surface area contributed by atoms with Crippen LogP contribution in [-0.4, -0.2) is 19.2 Å². The molecule has 0 atom stereocenters. The fraction of sp³-hybridized carbons (Fsp3) is 0.154. The van der Waals surface area contributed by atoms with Crippen LogP contribution in [0.1, 0.15) is 6.92 Å². The van der Waals surface area contributed by atoms with Crippen molar-refractivity contribution >= 4 is 27.1 Å². The van der Waals surface area contributed by atoms with Crippen molar-refractivity contribution in [2.45, 2.75) is 11.8 Å². The topological polar surface area (TPSA) is 82.3 Å². The van der Waals surface area contributed by atoms with Crippen LogP contribution < -0.4 is 10.5 Å². The molecular weight excluding hydrogens is 319 g/mol.